The summed E-state index contributed by atoms with van der Waals surface area (Å²) in [5.74, 6) is -0.474. The van der Waals surface area contributed by atoms with Crippen LogP contribution in [-0.4, -0.2) is 24.5 Å². The molecule has 148 valence electrons. The first-order valence-corrected chi connectivity index (χ1v) is 11.0. The molecule has 1 unspecified atom stereocenters. The Hall–Kier alpha value is -1.84. The monoisotopic (exact) mass is 410 g/mol. The van der Waals surface area contributed by atoms with Gasteiger partial charge in [0.2, 0.25) is 15.4 Å². The Morgan fingerprint density at radius 1 is 1.07 bits per heavy atom. The van der Waals surface area contributed by atoms with Crippen molar-refractivity contribution < 1.29 is 13.2 Å². The number of nitrogens with zero attached hydrogens (tertiary/aromatic N) is 2. The molecular weight excluding hydrogens is 384 g/mol. The quantitative estimate of drug-likeness (QED) is 0.710. The molecule has 1 atom stereocenters. The molecule has 2 N–H and O–H groups in total. The SMILES string of the molecule is CC(C)C(=O)Nc1nnc(S(=O)(=O)NC(C)c2ccc(C(C)(C)C)cc2)s1. The molecule has 27 heavy (non-hydrogen) atoms. The van der Waals surface area contributed by atoms with Gasteiger partial charge in [0.25, 0.3) is 10.0 Å². The molecule has 1 aromatic carbocycles. The van der Waals surface area contributed by atoms with Crippen molar-refractivity contribution in [3.05, 3.63) is 35.4 Å². The lowest BCUT2D eigenvalue weighted by Crippen LogP contribution is -2.27. The number of aromatic nitrogens is 2. The summed E-state index contributed by atoms with van der Waals surface area (Å²) in [6, 6.07) is 7.42. The fourth-order valence-electron chi connectivity index (χ4n) is 2.24. The molecule has 2 rings (SSSR count). The maximum Gasteiger partial charge on any atom is 0.270 e. The van der Waals surface area contributed by atoms with E-state index in [1.807, 2.05) is 24.3 Å². The molecule has 0 saturated carbocycles. The molecular formula is C18H26N4O3S2. The third kappa shape index (κ3) is 5.57. The van der Waals surface area contributed by atoms with E-state index in [1.165, 1.54) is 5.56 Å². The molecule has 7 nitrogen and oxygen atoms in total. The van der Waals surface area contributed by atoms with E-state index in [1.54, 1.807) is 20.8 Å². The van der Waals surface area contributed by atoms with Gasteiger partial charge in [0.1, 0.15) is 0 Å². The summed E-state index contributed by atoms with van der Waals surface area (Å²) < 4.78 is 27.5. The van der Waals surface area contributed by atoms with Crippen LogP contribution in [0.4, 0.5) is 5.13 Å². The highest BCUT2D eigenvalue weighted by atomic mass is 32.2. The average molecular weight is 411 g/mol. The number of nitrogens with one attached hydrogen (secondary N) is 2. The van der Waals surface area contributed by atoms with Crippen molar-refractivity contribution in [2.75, 3.05) is 5.32 Å². The molecule has 0 saturated heterocycles. The van der Waals surface area contributed by atoms with Crippen LogP contribution >= 0.6 is 11.3 Å². The Morgan fingerprint density at radius 3 is 2.19 bits per heavy atom. The summed E-state index contributed by atoms with van der Waals surface area (Å²) in [7, 11) is -3.84. The molecule has 1 aromatic heterocycles. The highest BCUT2D eigenvalue weighted by Crippen LogP contribution is 2.26. The fraction of sp³-hybridized carbons (Fsp3) is 0.500. The van der Waals surface area contributed by atoms with Gasteiger partial charge in [-0.05, 0) is 23.5 Å². The Bertz CT molecular complexity index is 897. The third-order valence-corrected chi connectivity index (χ3v) is 6.75. The normalized spacial score (nSPS) is 13.6. The number of hydrogen-bond donors (Lipinski definition) is 2. The van der Waals surface area contributed by atoms with E-state index in [0.29, 0.717) is 0 Å². The third-order valence-electron chi connectivity index (χ3n) is 4.00. The minimum absolute atomic E-state index is 0.0324. The van der Waals surface area contributed by atoms with Gasteiger partial charge >= 0.3 is 0 Å². The topological polar surface area (TPSA) is 101 Å². The van der Waals surface area contributed by atoms with Gasteiger partial charge in [-0.3, -0.25) is 4.79 Å². The van der Waals surface area contributed by atoms with E-state index < -0.39 is 16.1 Å². The number of benzene rings is 1. The maximum atomic E-state index is 12.6. The van der Waals surface area contributed by atoms with Crippen molar-refractivity contribution in [2.45, 2.75) is 57.3 Å². The molecule has 9 heteroatoms. The van der Waals surface area contributed by atoms with Crippen LogP contribution in [0, 0.1) is 5.92 Å². The summed E-state index contributed by atoms with van der Waals surface area (Å²) in [5, 5.41) is 10.2. The molecule has 2 aromatic rings. The zero-order valence-corrected chi connectivity index (χ0v) is 18.0. The predicted molar refractivity (Wildman–Crippen MR) is 107 cm³/mol. The fourth-order valence-corrected chi connectivity index (χ4v) is 4.39. The molecule has 0 aliphatic carbocycles. The molecule has 0 radical (unpaired) electrons. The summed E-state index contributed by atoms with van der Waals surface area (Å²) in [5.41, 5.74) is 2.06. The van der Waals surface area contributed by atoms with Gasteiger partial charge in [-0.15, -0.1) is 10.2 Å². The van der Waals surface area contributed by atoms with Crippen LogP contribution in [0.3, 0.4) is 0 Å². The number of amides is 1. The molecule has 0 spiro atoms. The first kappa shape index (κ1) is 21.5. The summed E-state index contributed by atoms with van der Waals surface area (Å²) in [4.78, 5) is 11.7. The van der Waals surface area contributed by atoms with Crippen LogP contribution in [0.1, 0.15) is 58.7 Å². The van der Waals surface area contributed by atoms with E-state index in [0.717, 1.165) is 16.9 Å². The first-order chi connectivity index (χ1) is 12.4. The van der Waals surface area contributed by atoms with Crippen molar-refractivity contribution in [1.29, 1.82) is 0 Å². The van der Waals surface area contributed by atoms with Crippen LogP contribution < -0.4 is 10.0 Å². The van der Waals surface area contributed by atoms with Crippen LogP contribution in [-0.2, 0) is 20.2 Å². The van der Waals surface area contributed by atoms with Crippen molar-refractivity contribution in [1.82, 2.24) is 14.9 Å². The number of carbonyl (C=O) groups is 1. The van der Waals surface area contributed by atoms with E-state index >= 15 is 0 Å². The minimum atomic E-state index is -3.84. The zero-order chi connectivity index (χ0) is 20.4. The maximum absolute atomic E-state index is 12.6. The van der Waals surface area contributed by atoms with Crippen LogP contribution in [0.25, 0.3) is 0 Å². The van der Waals surface area contributed by atoms with Crippen molar-refractivity contribution in [3.63, 3.8) is 0 Å². The number of hydrogen-bond acceptors (Lipinski definition) is 6. The van der Waals surface area contributed by atoms with Gasteiger partial charge in [0.05, 0.1) is 0 Å². The molecule has 0 aliphatic heterocycles. The predicted octanol–water partition coefficient (Wildman–Crippen LogP) is 3.47. The number of sulfonamides is 1. The van der Waals surface area contributed by atoms with Gasteiger partial charge in [0, 0.05) is 12.0 Å². The van der Waals surface area contributed by atoms with E-state index in [2.05, 4.69) is 41.0 Å². The smallest absolute Gasteiger partial charge is 0.270 e. The van der Waals surface area contributed by atoms with Gasteiger partial charge in [0.15, 0.2) is 0 Å². The molecule has 0 fully saturated rings. The van der Waals surface area contributed by atoms with Gasteiger partial charge < -0.3 is 5.32 Å². The number of rotatable bonds is 6. The lowest BCUT2D eigenvalue weighted by molar-refractivity contribution is -0.118. The van der Waals surface area contributed by atoms with Crippen LogP contribution in [0.15, 0.2) is 28.6 Å². The lowest BCUT2D eigenvalue weighted by atomic mass is 9.86. The number of carbonyl (C=O) groups excluding carboxylic acids is 1. The van der Waals surface area contributed by atoms with Crippen LogP contribution in [0.2, 0.25) is 0 Å². The number of anilines is 1. The van der Waals surface area contributed by atoms with Gasteiger partial charge in [-0.25, -0.2) is 13.1 Å². The van der Waals surface area contributed by atoms with E-state index in [9.17, 15) is 13.2 Å². The Morgan fingerprint density at radius 2 is 1.67 bits per heavy atom. The van der Waals surface area contributed by atoms with Gasteiger partial charge in [-0.2, -0.15) is 0 Å². The molecule has 0 bridgehead atoms. The van der Waals surface area contributed by atoms with Crippen molar-refractivity contribution in [2.24, 2.45) is 5.92 Å². The Balaban J connectivity index is 2.11. The Labute approximate surface area is 164 Å². The molecule has 0 aliphatic rings. The second kappa shape index (κ2) is 8.04. The lowest BCUT2D eigenvalue weighted by Gasteiger charge is -2.20. The summed E-state index contributed by atoms with van der Waals surface area (Å²) >= 11 is 0.824. The minimum Gasteiger partial charge on any atom is -0.300 e. The van der Waals surface area contributed by atoms with E-state index in [-0.39, 0.29) is 26.7 Å². The van der Waals surface area contributed by atoms with Gasteiger partial charge in [-0.1, -0.05) is 70.2 Å². The summed E-state index contributed by atoms with van der Waals surface area (Å²) in [6.07, 6.45) is 0. The summed E-state index contributed by atoms with van der Waals surface area (Å²) in [6.45, 7) is 11.6. The first-order valence-electron chi connectivity index (χ1n) is 8.67. The molecule has 1 heterocycles. The molecule has 1 amide bonds. The Kier molecular flexibility index (Phi) is 6.39. The zero-order valence-electron chi connectivity index (χ0n) is 16.4. The second-order valence-corrected chi connectivity index (χ2v) is 10.6. The average Bonchev–Trinajstić information content (AvgIpc) is 3.03. The second-order valence-electron chi connectivity index (χ2n) is 7.73. The van der Waals surface area contributed by atoms with Crippen LogP contribution in [0.5, 0.6) is 0 Å². The standard InChI is InChI=1S/C18H26N4O3S2/c1-11(2)15(23)19-16-20-21-17(26-16)27(24,25)22-12(3)13-7-9-14(10-8-13)18(4,5)6/h7-12,22H,1-6H3,(H,19,20,23). The van der Waals surface area contributed by atoms with E-state index in [4.69, 9.17) is 0 Å². The van der Waals surface area contributed by atoms with Crippen molar-refractivity contribution >= 4 is 32.4 Å². The highest BCUT2D eigenvalue weighted by Gasteiger charge is 2.24. The van der Waals surface area contributed by atoms with Crippen molar-refractivity contribution in [3.8, 4) is 0 Å². The largest absolute Gasteiger partial charge is 0.300 e. The highest BCUT2D eigenvalue weighted by molar-refractivity contribution is 7.91.